The van der Waals surface area contributed by atoms with Crippen molar-refractivity contribution in [3.63, 3.8) is 0 Å². The van der Waals surface area contributed by atoms with Crippen LogP contribution in [0.3, 0.4) is 0 Å². The maximum Gasteiger partial charge on any atom is 0.437 e. The summed E-state index contributed by atoms with van der Waals surface area (Å²) in [5.41, 5.74) is 1.27. The second kappa shape index (κ2) is 11.7. The molecule has 0 bridgehead atoms. The molecule has 1 aromatic heterocycles. The number of halogens is 3. The number of piperidine rings is 1. The zero-order chi connectivity index (χ0) is 28.3. The quantitative estimate of drug-likeness (QED) is 0.324. The van der Waals surface area contributed by atoms with Crippen molar-refractivity contribution in [2.45, 2.75) is 63.0 Å². The Balaban J connectivity index is 1.23. The van der Waals surface area contributed by atoms with E-state index in [1.807, 2.05) is 30.3 Å². The second-order valence-corrected chi connectivity index (χ2v) is 10.7. The molecule has 0 spiro atoms. The van der Waals surface area contributed by atoms with E-state index in [-0.39, 0.29) is 24.3 Å². The van der Waals surface area contributed by atoms with E-state index in [0.717, 1.165) is 44.1 Å². The number of alkyl halides is 3. The lowest BCUT2D eigenvalue weighted by Crippen LogP contribution is -2.33. The molecule has 7 nitrogen and oxygen atoms in total. The third-order valence-corrected chi connectivity index (χ3v) is 8.08. The van der Waals surface area contributed by atoms with Crippen LogP contribution in [0.15, 0.2) is 59.0 Å². The number of amides is 1. The SMILES string of the molecule is O=C(O)CC1CCC(c2ccc(NC(=O)c3oc(N4CCC(c5ccccc5)CC4)nc3C(F)(F)F)cc2)CC1. The van der Waals surface area contributed by atoms with Gasteiger partial charge in [0.1, 0.15) is 0 Å². The first-order valence-electron chi connectivity index (χ1n) is 13.7. The monoisotopic (exact) mass is 555 g/mol. The van der Waals surface area contributed by atoms with Gasteiger partial charge in [0.25, 0.3) is 11.9 Å². The van der Waals surface area contributed by atoms with Crippen LogP contribution in [-0.4, -0.2) is 35.1 Å². The van der Waals surface area contributed by atoms with Crippen molar-refractivity contribution >= 4 is 23.6 Å². The van der Waals surface area contributed by atoms with Crippen LogP contribution in [0.25, 0.3) is 0 Å². The van der Waals surface area contributed by atoms with Gasteiger partial charge in [-0.3, -0.25) is 9.59 Å². The summed E-state index contributed by atoms with van der Waals surface area (Å²) in [5.74, 6) is -1.85. The van der Waals surface area contributed by atoms with Crippen molar-refractivity contribution in [1.82, 2.24) is 4.98 Å². The summed E-state index contributed by atoms with van der Waals surface area (Å²) >= 11 is 0. The maximum atomic E-state index is 13.8. The number of benzene rings is 2. The summed E-state index contributed by atoms with van der Waals surface area (Å²) < 4.78 is 46.9. The zero-order valence-corrected chi connectivity index (χ0v) is 22.0. The van der Waals surface area contributed by atoms with Gasteiger partial charge in [0, 0.05) is 25.2 Å². The minimum absolute atomic E-state index is 0.187. The maximum absolute atomic E-state index is 13.8. The summed E-state index contributed by atoms with van der Waals surface area (Å²) in [5, 5.41) is 11.5. The Morgan fingerprint density at radius 1 is 0.900 bits per heavy atom. The molecule has 2 fully saturated rings. The van der Waals surface area contributed by atoms with Crippen LogP contribution in [-0.2, 0) is 11.0 Å². The van der Waals surface area contributed by atoms with Gasteiger partial charge in [-0.25, -0.2) is 0 Å². The van der Waals surface area contributed by atoms with Crippen LogP contribution in [0.5, 0.6) is 0 Å². The lowest BCUT2D eigenvalue weighted by molar-refractivity contribution is -0.141. The van der Waals surface area contributed by atoms with Crippen LogP contribution in [0.2, 0.25) is 0 Å². The molecule has 40 heavy (non-hydrogen) atoms. The summed E-state index contributed by atoms with van der Waals surface area (Å²) in [6.07, 6.45) is 0.254. The summed E-state index contributed by atoms with van der Waals surface area (Å²) in [4.78, 5) is 29.2. The van der Waals surface area contributed by atoms with E-state index >= 15 is 0 Å². The number of aliphatic carboxylic acids is 1. The smallest absolute Gasteiger partial charge is 0.437 e. The number of oxazole rings is 1. The molecule has 10 heteroatoms. The Kier molecular flexibility index (Phi) is 8.14. The fourth-order valence-electron chi connectivity index (χ4n) is 5.89. The van der Waals surface area contributed by atoms with E-state index in [1.54, 1.807) is 17.0 Å². The van der Waals surface area contributed by atoms with Crippen molar-refractivity contribution < 1.29 is 32.3 Å². The molecule has 2 aromatic carbocycles. The van der Waals surface area contributed by atoms with Crippen molar-refractivity contribution in [1.29, 1.82) is 0 Å². The molecule has 0 atom stereocenters. The molecule has 2 heterocycles. The molecule has 1 amide bonds. The topological polar surface area (TPSA) is 95.7 Å². The lowest BCUT2D eigenvalue weighted by Gasteiger charge is -2.31. The molecule has 1 aliphatic heterocycles. The molecule has 2 aliphatic rings. The molecule has 212 valence electrons. The predicted octanol–water partition coefficient (Wildman–Crippen LogP) is 7.08. The van der Waals surface area contributed by atoms with E-state index < -0.39 is 29.5 Å². The largest absolute Gasteiger partial charge is 0.481 e. The molecule has 1 saturated carbocycles. The van der Waals surface area contributed by atoms with Gasteiger partial charge in [-0.15, -0.1) is 0 Å². The Morgan fingerprint density at radius 2 is 1.50 bits per heavy atom. The van der Waals surface area contributed by atoms with Gasteiger partial charge in [0.2, 0.25) is 5.76 Å². The molecule has 1 saturated heterocycles. The fourth-order valence-corrected chi connectivity index (χ4v) is 5.89. The summed E-state index contributed by atoms with van der Waals surface area (Å²) in [7, 11) is 0. The van der Waals surface area contributed by atoms with E-state index in [2.05, 4.69) is 22.4 Å². The number of hydrogen-bond acceptors (Lipinski definition) is 5. The Bertz CT molecular complexity index is 1310. The molecular formula is C30H32F3N3O4. The van der Waals surface area contributed by atoms with Gasteiger partial charge in [-0.2, -0.15) is 18.2 Å². The van der Waals surface area contributed by atoms with Gasteiger partial charge in [-0.05, 0) is 79.5 Å². The highest BCUT2D eigenvalue weighted by Crippen LogP contribution is 2.38. The number of aromatic nitrogens is 1. The molecule has 5 rings (SSSR count). The summed E-state index contributed by atoms with van der Waals surface area (Å²) in [6, 6.07) is 16.8. The van der Waals surface area contributed by atoms with Crippen LogP contribution in [0.4, 0.5) is 24.9 Å². The average Bonchev–Trinajstić information content (AvgIpc) is 3.41. The number of carboxylic acid groups (broad SMARTS) is 1. The minimum Gasteiger partial charge on any atom is -0.481 e. The van der Waals surface area contributed by atoms with Gasteiger partial charge in [0.15, 0.2) is 5.69 Å². The van der Waals surface area contributed by atoms with Gasteiger partial charge in [0.05, 0.1) is 0 Å². The van der Waals surface area contributed by atoms with Gasteiger partial charge >= 0.3 is 12.1 Å². The predicted molar refractivity (Wildman–Crippen MR) is 143 cm³/mol. The first kappa shape index (κ1) is 27.7. The zero-order valence-electron chi connectivity index (χ0n) is 22.0. The van der Waals surface area contributed by atoms with Crippen molar-refractivity contribution in [3.8, 4) is 0 Å². The highest BCUT2D eigenvalue weighted by Gasteiger charge is 2.42. The van der Waals surface area contributed by atoms with Crippen molar-refractivity contribution in [3.05, 3.63) is 77.2 Å². The van der Waals surface area contributed by atoms with Crippen molar-refractivity contribution in [2.75, 3.05) is 23.3 Å². The molecule has 0 unspecified atom stereocenters. The highest BCUT2D eigenvalue weighted by molar-refractivity contribution is 6.03. The Hall–Kier alpha value is -3.82. The number of nitrogens with zero attached hydrogens (tertiary/aromatic N) is 2. The number of carboxylic acids is 1. The number of anilines is 2. The molecule has 2 N–H and O–H groups in total. The van der Waals surface area contributed by atoms with E-state index in [9.17, 15) is 22.8 Å². The average molecular weight is 556 g/mol. The Morgan fingerprint density at radius 3 is 2.10 bits per heavy atom. The third-order valence-electron chi connectivity index (χ3n) is 8.08. The minimum atomic E-state index is -4.85. The highest BCUT2D eigenvalue weighted by atomic mass is 19.4. The van der Waals surface area contributed by atoms with Crippen LogP contribution in [0.1, 0.15) is 84.2 Å². The van der Waals surface area contributed by atoms with E-state index in [1.165, 1.54) is 5.56 Å². The standard InChI is InChI=1S/C30H32F3N3O4/c31-30(32,33)27-26(40-29(35-27)36-16-14-23(15-17-36)20-4-2-1-3-5-20)28(39)34-24-12-10-22(11-13-24)21-8-6-19(7-9-21)18-25(37)38/h1-5,10-13,19,21,23H,6-9,14-18H2,(H,34,39)(H,37,38). The normalized spacial score (nSPS) is 20.3. The van der Waals surface area contributed by atoms with Gasteiger partial charge < -0.3 is 19.7 Å². The first-order chi connectivity index (χ1) is 19.2. The van der Waals surface area contributed by atoms with Crippen LogP contribution >= 0.6 is 0 Å². The van der Waals surface area contributed by atoms with Crippen molar-refractivity contribution in [2.24, 2.45) is 5.92 Å². The third kappa shape index (κ3) is 6.48. The fraction of sp³-hybridized carbons (Fsp3) is 0.433. The first-order valence-corrected chi connectivity index (χ1v) is 13.7. The number of rotatable bonds is 7. The molecule has 3 aromatic rings. The molecule has 1 aliphatic carbocycles. The summed E-state index contributed by atoms with van der Waals surface area (Å²) in [6.45, 7) is 0.941. The van der Waals surface area contributed by atoms with E-state index in [4.69, 9.17) is 9.52 Å². The van der Waals surface area contributed by atoms with Crippen LogP contribution in [0, 0.1) is 5.92 Å². The number of carbonyl (C=O) groups is 2. The van der Waals surface area contributed by atoms with Gasteiger partial charge in [-0.1, -0.05) is 42.5 Å². The van der Waals surface area contributed by atoms with E-state index in [0.29, 0.717) is 24.7 Å². The molecule has 0 radical (unpaired) electrons. The Labute approximate surface area is 230 Å². The second-order valence-electron chi connectivity index (χ2n) is 10.7. The number of hydrogen-bond donors (Lipinski definition) is 2. The lowest BCUT2D eigenvalue weighted by atomic mass is 9.77. The number of carbonyl (C=O) groups excluding carboxylic acids is 1. The number of nitrogens with one attached hydrogen (secondary N) is 1. The molecular weight excluding hydrogens is 523 g/mol. The van der Waals surface area contributed by atoms with Crippen LogP contribution < -0.4 is 10.2 Å².